The number of fused-ring (bicyclic) bond motifs is 1. The average molecular weight is 508 g/mol. The molecule has 0 saturated heterocycles. The van der Waals surface area contributed by atoms with Crippen LogP contribution in [0.4, 0.5) is 13.2 Å². The highest BCUT2D eigenvalue weighted by Crippen LogP contribution is 2.36. The first-order chi connectivity index (χ1) is 17.8. The van der Waals surface area contributed by atoms with Crippen LogP contribution in [-0.2, 0) is 0 Å². The van der Waals surface area contributed by atoms with E-state index in [0.717, 1.165) is 30.5 Å². The summed E-state index contributed by atoms with van der Waals surface area (Å²) in [5, 5.41) is 0.361. The lowest BCUT2D eigenvalue weighted by Gasteiger charge is -2.13. The molecule has 0 atom stereocenters. The molecule has 5 nitrogen and oxygen atoms in total. The maximum absolute atomic E-state index is 13.5. The SMILES string of the molecule is COc1cccc(/C=C/c2oc3ccccc3c(=O)c2-c2ccc(OC(F)(F)F)cc2)c1OCC1CC1. The minimum absolute atomic E-state index is 0.219. The normalized spacial score (nSPS) is 13.7. The smallest absolute Gasteiger partial charge is 0.493 e. The Kier molecular flexibility index (Phi) is 6.65. The van der Waals surface area contributed by atoms with Crippen molar-refractivity contribution in [1.82, 2.24) is 0 Å². The summed E-state index contributed by atoms with van der Waals surface area (Å²) < 4.78 is 59.4. The van der Waals surface area contributed by atoms with Crippen molar-refractivity contribution in [2.45, 2.75) is 19.2 Å². The van der Waals surface area contributed by atoms with Crippen molar-refractivity contribution < 1.29 is 31.8 Å². The number of hydrogen-bond donors (Lipinski definition) is 0. The Bertz CT molecular complexity index is 1500. The van der Waals surface area contributed by atoms with Crippen molar-refractivity contribution in [2.75, 3.05) is 13.7 Å². The molecule has 0 spiro atoms. The second-order valence-electron chi connectivity index (χ2n) is 8.71. The molecule has 0 radical (unpaired) electrons. The van der Waals surface area contributed by atoms with E-state index < -0.39 is 6.36 Å². The molecule has 1 aromatic heterocycles. The number of para-hydroxylation sites is 2. The molecule has 0 N–H and O–H groups in total. The number of ether oxygens (including phenoxy) is 3. The molecular formula is C29H23F3O5. The van der Waals surface area contributed by atoms with Gasteiger partial charge in [0.2, 0.25) is 5.43 Å². The first-order valence-corrected chi connectivity index (χ1v) is 11.7. The van der Waals surface area contributed by atoms with Crippen molar-refractivity contribution in [3.05, 3.63) is 88.3 Å². The van der Waals surface area contributed by atoms with Crippen molar-refractivity contribution in [3.63, 3.8) is 0 Å². The summed E-state index contributed by atoms with van der Waals surface area (Å²) in [5.74, 6) is 1.59. The Morgan fingerprint density at radius 1 is 0.973 bits per heavy atom. The van der Waals surface area contributed by atoms with E-state index in [4.69, 9.17) is 13.9 Å². The van der Waals surface area contributed by atoms with Crippen LogP contribution in [0, 0.1) is 5.92 Å². The molecular weight excluding hydrogens is 485 g/mol. The van der Waals surface area contributed by atoms with Gasteiger partial charge in [-0.2, -0.15) is 0 Å². The highest BCUT2D eigenvalue weighted by molar-refractivity contribution is 5.87. The van der Waals surface area contributed by atoms with Gasteiger partial charge in [-0.05, 0) is 66.8 Å². The van der Waals surface area contributed by atoms with E-state index in [1.165, 1.54) is 12.1 Å². The van der Waals surface area contributed by atoms with Crippen LogP contribution in [0.5, 0.6) is 17.2 Å². The zero-order chi connectivity index (χ0) is 26.0. The van der Waals surface area contributed by atoms with E-state index in [-0.39, 0.29) is 22.5 Å². The third-order valence-electron chi connectivity index (χ3n) is 6.01. The van der Waals surface area contributed by atoms with Crippen LogP contribution >= 0.6 is 0 Å². The minimum Gasteiger partial charge on any atom is -0.493 e. The van der Waals surface area contributed by atoms with Gasteiger partial charge in [0.15, 0.2) is 11.5 Å². The molecule has 37 heavy (non-hydrogen) atoms. The van der Waals surface area contributed by atoms with E-state index in [0.29, 0.717) is 40.6 Å². The molecule has 0 unspecified atom stereocenters. The quantitative estimate of drug-likeness (QED) is 0.250. The topological polar surface area (TPSA) is 57.9 Å². The first kappa shape index (κ1) is 24.5. The first-order valence-electron chi connectivity index (χ1n) is 11.7. The Morgan fingerprint density at radius 2 is 1.73 bits per heavy atom. The highest BCUT2D eigenvalue weighted by Gasteiger charge is 2.31. The molecule has 0 bridgehead atoms. The van der Waals surface area contributed by atoms with Gasteiger partial charge in [0, 0.05) is 5.56 Å². The standard InChI is InChI=1S/C29H23F3O5/c1-34-25-8-4-5-20(28(25)35-17-18-9-10-18)13-16-24-26(27(33)22-6-2-3-7-23(22)36-24)19-11-14-21(15-12-19)37-29(30,31)32/h2-8,11-16,18H,9-10,17H2,1H3/b16-13+. The largest absolute Gasteiger partial charge is 0.573 e. The zero-order valence-corrected chi connectivity index (χ0v) is 19.9. The van der Waals surface area contributed by atoms with Crippen LogP contribution in [0.2, 0.25) is 0 Å². The lowest BCUT2D eigenvalue weighted by Crippen LogP contribution is -2.17. The molecule has 5 rings (SSSR count). The summed E-state index contributed by atoms with van der Waals surface area (Å²) in [6.07, 6.45) is 0.884. The number of alkyl halides is 3. The highest BCUT2D eigenvalue weighted by atomic mass is 19.4. The van der Waals surface area contributed by atoms with Gasteiger partial charge in [0.05, 0.1) is 24.7 Å². The van der Waals surface area contributed by atoms with Gasteiger partial charge in [0.25, 0.3) is 0 Å². The summed E-state index contributed by atoms with van der Waals surface area (Å²) in [6, 6.07) is 17.4. The van der Waals surface area contributed by atoms with Gasteiger partial charge in [-0.15, -0.1) is 13.2 Å². The van der Waals surface area contributed by atoms with Crippen molar-refractivity contribution in [1.29, 1.82) is 0 Å². The van der Waals surface area contributed by atoms with Gasteiger partial charge >= 0.3 is 6.36 Å². The Morgan fingerprint density at radius 3 is 2.43 bits per heavy atom. The summed E-state index contributed by atoms with van der Waals surface area (Å²) in [4.78, 5) is 13.5. The molecule has 4 aromatic rings. The number of hydrogen-bond acceptors (Lipinski definition) is 5. The van der Waals surface area contributed by atoms with Gasteiger partial charge in [-0.3, -0.25) is 4.79 Å². The summed E-state index contributed by atoms with van der Waals surface area (Å²) >= 11 is 0. The minimum atomic E-state index is -4.81. The van der Waals surface area contributed by atoms with Crippen LogP contribution in [0.25, 0.3) is 34.2 Å². The monoisotopic (exact) mass is 508 g/mol. The number of halogens is 3. The Balaban J connectivity index is 1.58. The van der Waals surface area contributed by atoms with E-state index in [1.807, 2.05) is 18.2 Å². The molecule has 1 heterocycles. The molecule has 1 saturated carbocycles. The number of rotatable bonds is 8. The number of benzene rings is 3. The van der Waals surface area contributed by atoms with Crippen LogP contribution in [0.15, 0.2) is 75.9 Å². The lowest BCUT2D eigenvalue weighted by molar-refractivity contribution is -0.274. The molecule has 1 aliphatic carbocycles. The third-order valence-corrected chi connectivity index (χ3v) is 6.01. The molecule has 1 fully saturated rings. The second kappa shape index (κ2) is 10.0. The van der Waals surface area contributed by atoms with Gasteiger partial charge in [-0.1, -0.05) is 36.4 Å². The fourth-order valence-corrected chi connectivity index (χ4v) is 4.00. The van der Waals surface area contributed by atoms with E-state index >= 15 is 0 Å². The fraction of sp³-hybridized carbons (Fsp3) is 0.207. The summed E-state index contributed by atoms with van der Waals surface area (Å²) in [7, 11) is 1.57. The van der Waals surface area contributed by atoms with E-state index in [9.17, 15) is 18.0 Å². The van der Waals surface area contributed by atoms with Crippen LogP contribution in [0.1, 0.15) is 24.2 Å². The van der Waals surface area contributed by atoms with Crippen LogP contribution in [0.3, 0.4) is 0 Å². The Labute approximate surface area is 210 Å². The van der Waals surface area contributed by atoms with Gasteiger partial charge < -0.3 is 18.6 Å². The lowest BCUT2D eigenvalue weighted by atomic mass is 10.0. The van der Waals surface area contributed by atoms with E-state index in [1.54, 1.807) is 43.5 Å². The molecule has 3 aromatic carbocycles. The molecule has 0 aliphatic heterocycles. The average Bonchev–Trinajstić information content (AvgIpc) is 3.71. The maximum Gasteiger partial charge on any atom is 0.573 e. The number of methoxy groups -OCH3 is 1. The second-order valence-corrected chi connectivity index (χ2v) is 8.71. The van der Waals surface area contributed by atoms with Crippen molar-refractivity contribution in [3.8, 4) is 28.4 Å². The van der Waals surface area contributed by atoms with Crippen molar-refractivity contribution >= 4 is 23.1 Å². The predicted octanol–water partition coefficient (Wildman–Crippen LogP) is 7.33. The van der Waals surface area contributed by atoms with Gasteiger partial charge in [-0.25, -0.2) is 0 Å². The third kappa shape index (κ3) is 5.63. The van der Waals surface area contributed by atoms with Crippen molar-refractivity contribution in [2.24, 2.45) is 5.92 Å². The maximum atomic E-state index is 13.5. The summed E-state index contributed by atoms with van der Waals surface area (Å²) in [6.45, 7) is 0.587. The van der Waals surface area contributed by atoms with Gasteiger partial charge in [0.1, 0.15) is 17.1 Å². The zero-order valence-electron chi connectivity index (χ0n) is 19.9. The molecule has 1 aliphatic rings. The molecule has 190 valence electrons. The van der Waals surface area contributed by atoms with Crippen LogP contribution < -0.4 is 19.6 Å². The van der Waals surface area contributed by atoms with E-state index in [2.05, 4.69) is 4.74 Å². The predicted molar refractivity (Wildman–Crippen MR) is 135 cm³/mol. The molecule has 8 heteroatoms. The Hall–Kier alpha value is -4.20. The molecule has 0 amide bonds. The van der Waals surface area contributed by atoms with Crippen LogP contribution in [-0.4, -0.2) is 20.1 Å². The summed E-state index contributed by atoms with van der Waals surface area (Å²) in [5.41, 5.74) is 1.43. The fourth-order valence-electron chi connectivity index (χ4n) is 4.00.